The molecular formula is C18H26N2O3. The van der Waals surface area contributed by atoms with Gasteiger partial charge in [0.1, 0.15) is 5.75 Å². The number of carbonyl (C=O) groups excluding carboxylic acids is 2. The third-order valence-corrected chi connectivity index (χ3v) is 4.05. The van der Waals surface area contributed by atoms with Gasteiger partial charge in [-0.05, 0) is 17.7 Å². The minimum atomic E-state index is -0.368. The highest BCUT2D eigenvalue weighted by atomic mass is 16.5. The second kappa shape index (κ2) is 7.02. The van der Waals surface area contributed by atoms with E-state index in [1.54, 1.807) is 7.11 Å². The standard InChI is InChI=1S/C18H26N2O3/c1-18(2,3)17(22)20-10-8-19(9-11-20)16(21)13-14-6-5-7-15(12-14)23-4/h5-7,12H,8-11,13H2,1-4H3. The lowest BCUT2D eigenvalue weighted by Gasteiger charge is -2.37. The smallest absolute Gasteiger partial charge is 0.228 e. The summed E-state index contributed by atoms with van der Waals surface area (Å²) in [6.45, 7) is 8.20. The lowest BCUT2D eigenvalue weighted by atomic mass is 9.94. The normalized spacial score (nSPS) is 15.5. The number of ether oxygens (including phenoxy) is 1. The molecule has 0 atom stereocenters. The molecule has 0 radical (unpaired) electrons. The zero-order valence-corrected chi connectivity index (χ0v) is 14.5. The number of carbonyl (C=O) groups is 2. The van der Waals surface area contributed by atoms with Gasteiger partial charge < -0.3 is 14.5 Å². The molecule has 0 N–H and O–H groups in total. The SMILES string of the molecule is COc1cccc(CC(=O)N2CCN(C(=O)C(C)(C)C)CC2)c1. The van der Waals surface area contributed by atoms with Crippen LogP contribution >= 0.6 is 0 Å². The van der Waals surface area contributed by atoms with Gasteiger partial charge in [0, 0.05) is 31.6 Å². The highest BCUT2D eigenvalue weighted by molar-refractivity contribution is 5.82. The zero-order chi connectivity index (χ0) is 17.0. The fourth-order valence-corrected chi connectivity index (χ4v) is 2.70. The van der Waals surface area contributed by atoms with Crippen LogP contribution in [0.4, 0.5) is 0 Å². The number of amides is 2. The summed E-state index contributed by atoms with van der Waals surface area (Å²) >= 11 is 0. The van der Waals surface area contributed by atoms with Crippen LogP contribution in [0.1, 0.15) is 26.3 Å². The Morgan fingerprint density at radius 1 is 1.09 bits per heavy atom. The summed E-state index contributed by atoms with van der Waals surface area (Å²) in [6.07, 6.45) is 0.365. The summed E-state index contributed by atoms with van der Waals surface area (Å²) in [5.41, 5.74) is 0.579. The molecule has 23 heavy (non-hydrogen) atoms. The van der Waals surface area contributed by atoms with E-state index >= 15 is 0 Å². The first kappa shape index (κ1) is 17.3. The van der Waals surface area contributed by atoms with E-state index in [-0.39, 0.29) is 17.2 Å². The van der Waals surface area contributed by atoms with E-state index in [2.05, 4.69) is 0 Å². The van der Waals surface area contributed by atoms with Crippen molar-refractivity contribution in [3.63, 3.8) is 0 Å². The molecule has 0 spiro atoms. The van der Waals surface area contributed by atoms with Gasteiger partial charge in [0.05, 0.1) is 13.5 Å². The van der Waals surface area contributed by atoms with E-state index in [1.165, 1.54) is 0 Å². The van der Waals surface area contributed by atoms with Crippen LogP contribution < -0.4 is 4.74 Å². The Balaban J connectivity index is 1.89. The van der Waals surface area contributed by atoms with Crippen LogP contribution in [0.15, 0.2) is 24.3 Å². The molecule has 2 amide bonds. The molecule has 5 nitrogen and oxygen atoms in total. The first-order valence-corrected chi connectivity index (χ1v) is 8.01. The molecule has 1 saturated heterocycles. The molecule has 1 aromatic rings. The van der Waals surface area contributed by atoms with E-state index < -0.39 is 0 Å². The highest BCUT2D eigenvalue weighted by Crippen LogP contribution is 2.19. The van der Waals surface area contributed by atoms with E-state index in [9.17, 15) is 9.59 Å². The summed E-state index contributed by atoms with van der Waals surface area (Å²) in [5.74, 6) is 1.01. The van der Waals surface area contributed by atoms with Crippen LogP contribution in [0, 0.1) is 5.41 Å². The minimum Gasteiger partial charge on any atom is -0.497 e. The van der Waals surface area contributed by atoms with Gasteiger partial charge in [-0.25, -0.2) is 0 Å². The van der Waals surface area contributed by atoms with Crippen molar-refractivity contribution in [3.8, 4) is 5.75 Å². The van der Waals surface area contributed by atoms with E-state index in [0.717, 1.165) is 11.3 Å². The summed E-state index contributed by atoms with van der Waals surface area (Å²) in [5, 5.41) is 0. The number of nitrogens with zero attached hydrogens (tertiary/aromatic N) is 2. The molecule has 0 bridgehead atoms. The van der Waals surface area contributed by atoms with Gasteiger partial charge in [0.25, 0.3) is 0 Å². The van der Waals surface area contributed by atoms with Crippen molar-refractivity contribution in [2.24, 2.45) is 5.41 Å². The third kappa shape index (κ3) is 4.47. The number of benzene rings is 1. The number of rotatable bonds is 3. The summed E-state index contributed by atoms with van der Waals surface area (Å²) in [7, 11) is 1.62. The fraction of sp³-hybridized carbons (Fsp3) is 0.556. The Morgan fingerprint density at radius 2 is 1.70 bits per heavy atom. The largest absolute Gasteiger partial charge is 0.497 e. The molecule has 0 unspecified atom stereocenters. The van der Waals surface area contributed by atoms with Crippen LogP contribution in [0.2, 0.25) is 0 Å². The fourth-order valence-electron chi connectivity index (χ4n) is 2.70. The maximum atomic E-state index is 12.4. The van der Waals surface area contributed by atoms with Crippen molar-refractivity contribution in [1.82, 2.24) is 9.80 Å². The van der Waals surface area contributed by atoms with Gasteiger partial charge in [-0.2, -0.15) is 0 Å². The van der Waals surface area contributed by atoms with Crippen molar-refractivity contribution in [2.45, 2.75) is 27.2 Å². The quantitative estimate of drug-likeness (QED) is 0.856. The Morgan fingerprint density at radius 3 is 2.26 bits per heavy atom. The van der Waals surface area contributed by atoms with Crippen molar-refractivity contribution < 1.29 is 14.3 Å². The molecule has 1 aliphatic heterocycles. The summed E-state index contributed by atoms with van der Waals surface area (Å²) < 4.78 is 5.19. The average molecular weight is 318 g/mol. The predicted molar refractivity (Wildman–Crippen MR) is 89.3 cm³/mol. The molecule has 126 valence electrons. The van der Waals surface area contributed by atoms with Crippen LogP contribution in [0.5, 0.6) is 5.75 Å². The Hall–Kier alpha value is -2.04. The second-order valence-electron chi connectivity index (χ2n) is 6.95. The molecule has 1 aliphatic rings. The van der Waals surface area contributed by atoms with Crippen LogP contribution in [0.25, 0.3) is 0 Å². The second-order valence-corrected chi connectivity index (χ2v) is 6.95. The third-order valence-electron chi connectivity index (χ3n) is 4.05. The molecule has 2 rings (SSSR count). The zero-order valence-electron chi connectivity index (χ0n) is 14.5. The van der Waals surface area contributed by atoms with E-state index in [1.807, 2.05) is 54.8 Å². The predicted octanol–water partition coefficient (Wildman–Crippen LogP) is 1.95. The van der Waals surface area contributed by atoms with Gasteiger partial charge in [-0.1, -0.05) is 32.9 Å². The Bertz CT molecular complexity index is 570. The van der Waals surface area contributed by atoms with Crippen molar-refractivity contribution in [1.29, 1.82) is 0 Å². The van der Waals surface area contributed by atoms with Crippen LogP contribution in [-0.2, 0) is 16.0 Å². The monoisotopic (exact) mass is 318 g/mol. The summed E-state index contributed by atoms with van der Waals surface area (Å²) in [4.78, 5) is 28.4. The first-order valence-electron chi connectivity index (χ1n) is 8.01. The lowest BCUT2D eigenvalue weighted by molar-refractivity contribution is -0.144. The topological polar surface area (TPSA) is 49.9 Å². The Kier molecular flexibility index (Phi) is 5.29. The summed E-state index contributed by atoms with van der Waals surface area (Å²) in [6, 6.07) is 7.57. The van der Waals surface area contributed by atoms with Gasteiger partial charge in [-0.15, -0.1) is 0 Å². The van der Waals surface area contributed by atoms with Gasteiger partial charge in [0.15, 0.2) is 0 Å². The lowest BCUT2D eigenvalue weighted by Crippen LogP contribution is -2.53. The molecule has 1 aromatic carbocycles. The maximum absolute atomic E-state index is 12.4. The number of methoxy groups -OCH3 is 1. The van der Waals surface area contributed by atoms with Crippen molar-refractivity contribution >= 4 is 11.8 Å². The number of piperazine rings is 1. The molecular weight excluding hydrogens is 292 g/mol. The molecule has 0 aromatic heterocycles. The maximum Gasteiger partial charge on any atom is 0.228 e. The molecule has 1 fully saturated rings. The molecule has 0 aliphatic carbocycles. The van der Waals surface area contributed by atoms with Crippen LogP contribution in [-0.4, -0.2) is 54.9 Å². The minimum absolute atomic E-state index is 0.0983. The van der Waals surface area contributed by atoms with Crippen molar-refractivity contribution in [3.05, 3.63) is 29.8 Å². The number of hydrogen-bond acceptors (Lipinski definition) is 3. The molecule has 0 saturated carbocycles. The highest BCUT2D eigenvalue weighted by Gasteiger charge is 2.30. The van der Waals surface area contributed by atoms with E-state index in [0.29, 0.717) is 32.6 Å². The van der Waals surface area contributed by atoms with E-state index in [4.69, 9.17) is 4.74 Å². The number of hydrogen-bond donors (Lipinski definition) is 0. The Labute approximate surface area is 138 Å². The van der Waals surface area contributed by atoms with Crippen LogP contribution in [0.3, 0.4) is 0 Å². The average Bonchev–Trinajstić information content (AvgIpc) is 2.53. The van der Waals surface area contributed by atoms with Gasteiger partial charge in [-0.3, -0.25) is 9.59 Å². The first-order chi connectivity index (χ1) is 10.8. The van der Waals surface area contributed by atoms with Gasteiger partial charge in [0.2, 0.25) is 11.8 Å². The van der Waals surface area contributed by atoms with Gasteiger partial charge >= 0.3 is 0 Å². The van der Waals surface area contributed by atoms with Crippen molar-refractivity contribution in [2.75, 3.05) is 33.3 Å². The molecule has 5 heteroatoms. The molecule has 1 heterocycles.